The van der Waals surface area contributed by atoms with Crippen molar-refractivity contribution in [2.45, 2.75) is 31.6 Å². The van der Waals surface area contributed by atoms with E-state index < -0.39 is 11.9 Å². The zero-order valence-electron chi connectivity index (χ0n) is 15.7. The summed E-state index contributed by atoms with van der Waals surface area (Å²) in [6.07, 6.45) is -0.592. The fourth-order valence-electron chi connectivity index (χ4n) is 4.28. The number of hydrogen-bond acceptors (Lipinski definition) is 5. The van der Waals surface area contributed by atoms with Crippen LogP contribution < -0.4 is 9.64 Å². The summed E-state index contributed by atoms with van der Waals surface area (Å²) in [5.41, 5.74) is 0.293. The molecular weight excluding hydrogens is 369 g/mol. The highest BCUT2D eigenvalue weighted by Crippen LogP contribution is 2.35. The van der Waals surface area contributed by atoms with Gasteiger partial charge in [-0.2, -0.15) is 13.2 Å². The van der Waals surface area contributed by atoms with E-state index in [1.807, 2.05) is 17.0 Å². The minimum absolute atomic E-state index is 0.309. The molecule has 0 spiro atoms. The van der Waals surface area contributed by atoms with E-state index in [-0.39, 0.29) is 0 Å². The first-order valence-corrected chi connectivity index (χ1v) is 9.46. The van der Waals surface area contributed by atoms with Gasteiger partial charge in [0.15, 0.2) is 0 Å². The largest absolute Gasteiger partial charge is 0.481 e. The summed E-state index contributed by atoms with van der Waals surface area (Å²) in [5.74, 6) is 1.57. The number of likely N-dealkylation sites (tertiary alicyclic amines) is 1. The number of nitrogens with zero attached hydrogens (tertiary/aromatic N) is 4. The summed E-state index contributed by atoms with van der Waals surface area (Å²) in [6, 6.07) is 8.35. The Bertz CT molecular complexity index is 829. The first-order chi connectivity index (χ1) is 13.4. The average molecular weight is 392 g/mol. The monoisotopic (exact) mass is 392 g/mol. The molecule has 2 saturated heterocycles. The van der Waals surface area contributed by atoms with Gasteiger partial charge in [0.25, 0.3) is 0 Å². The Morgan fingerprint density at radius 2 is 2.00 bits per heavy atom. The van der Waals surface area contributed by atoms with Gasteiger partial charge in [-0.25, -0.2) is 9.97 Å². The molecule has 0 bridgehead atoms. The number of halogens is 3. The number of alkyl halides is 3. The lowest BCUT2D eigenvalue weighted by Crippen LogP contribution is -2.48. The lowest BCUT2D eigenvalue weighted by Gasteiger charge is -2.39. The molecule has 2 aromatic rings. The van der Waals surface area contributed by atoms with Gasteiger partial charge in [-0.05, 0) is 49.1 Å². The average Bonchev–Trinajstić information content (AvgIpc) is 3.09. The molecule has 0 radical (unpaired) electrons. The van der Waals surface area contributed by atoms with Crippen LogP contribution in [0.15, 0.2) is 36.5 Å². The molecule has 2 unspecified atom stereocenters. The van der Waals surface area contributed by atoms with Crippen molar-refractivity contribution in [1.82, 2.24) is 14.9 Å². The fourth-order valence-corrected chi connectivity index (χ4v) is 4.28. The van der Waals surface area contributed by atoms with E-state index in [4.69, 9.17) is 4.74 Å². The number of hydrogen-bond donors (Lipinski definition) is 0. The maximum absolute atomic E-state index is 13.0. The molecule has 0 saturated carbocycles. The van der Waals surface area contributed by atoms with E-state index in [1.54, 1.807) is 19.4 Å². The van der Waals surface area contributed by atoms with Crippen LogP contribution in [0.4, 0.5) is 19.0 Å². The van der Waals surface area contributed by atoms with Crippen LogP contribution in [0.2, 0.25) is 0 Å². The second-order valence-electron chi connectivity index (χ2n) is 7.41. The Morgan fingerprint density at radius 1 is 1.18 bits per heavy atom. The van der Waals surface area contributed by atoms with Gasteiger partial charge in [0, 0.05) is 37.9 Å². The molecule has 0 aliphatic carbocycles. The van der Waals surface area contributed by atoms with Crippen molar-refractivity contribution in [1.29, 1.82) is 0 Å². The van der Waals surface area contributed by atoms with Gasteiger partial charge in [0.1, 0.15) is 11.5 Å². The van der Waals surface area contributed by atoms with Gasteiger partial charge in [-0.3, -0.25) is 4.90 Å². The molecular formula is C20H23F3N4O. The molecule has 0 N–H and O–H groups in total. The highest BCUT2D eigenvalue weighted by Gasteiger charge is 2.39. The zero-order valence-corrected chi connectivity index (χ0v) is 15.7. The smallest absolute Gasteiger partial charge is 0.433 e. The Balaban J connectivity index is 1.49. The summed E-state index contributed by atoms with van der Waals surface area (Å²) >= 11 is 0. The molecule has 4 heterocycles. The fraction of sp³-hybridized carbons (Fsp3) is 0.500. The Kier molecular flexibility index (Phi) is 5.14. The van der Waals surface area contributed by atoms with Gasteiger partial charge in [-0.15, -0.1) is 0 Å². The third kappa shape index (κ3) is 3.92. The molecule has 2 aliphatic heterocycles. The van der Waals surface area contributed by atoms with Gasteiger partial charge < -0.3 is 9.64 Å². The Labute approximate surface area is 162 Å². The number of aromatic nitrogens is 2. The summed E-state index contributed by atoms with van der Waals surface area (Å²) in [4.78, 5) is 12.4. The number of anilines is 1. The highest BCUT2D eigenvalue weighted by molar-refractivity contribution is 5.41. The molecule has 0 aromatic carbocycles. The number of methoxy groups -OCH3 is 1. The van der Waals surface area contributed by atoms with Crippen molar-refractivity contribution in [2.75, 3.05) is 31.6 Å². The summed E-state index contributed by atoms with van der Waals surface area (Å²) < 4.78 is 44.2. The number of pyridine rings is 2. The molecule has 28 heavy (non-hydrogen) atoms. The van der Waals surface area contributed by atoms with Crippen LogP contribution in [0.3, 0.4) is 0 Å². The van der Waals surface area contributed by atoms with E-state index in [1.165, 1.54) is 6.07 Å². The SMILES string of the molecule is COc1cc(CN2CCC3CCN(c4cccc(C(F)(F)F)n4)CC32)ccn1. The van der Waals surface area contributed by atoms with Gasteiger partial charge in [-0.1, -0.05) is 6.07 Å². The molecule has 150 valence electrons. The van der Waals surface area contributed by atoms with E-state index in [0.717, 1.165) is 44.1 Å². The molecule has 5 nitrogen and oxygen atoms in total. The second-order valence-corrected chi connectivity index (χ2v) is 7.41. The van der Waals surface area contributed by atoms with E-state index >= 15 is 0 Å². The zero-order chi connectivity index (χ0) is 19.7. The van der Waals surface area contributed by atoms with Gasteiger partial charge >= 0.3 is 6.18 Å². The molecule has 8 heteroatoms. The minimum Gasteiger partial charge on any atom is -0.481 e. The van der Waals surface area contributed by atoms with Crippen molar-refractivity contribution in [2.24, 2.45) is 5.92 Å². The molecule has 2 atom stereocenters. The van der Waals surface area contributed by atoms with Crippen molar-refractivity contribution in [3.05, 3.63) is 47.8 Å². The molecule has 2 aromatic heterocycles. The maximum Gasteiger partial charge on any atom is 0.433 e. The predicted octanol–water partition coefficient (Wildman–Crippen LogP) is 3.60. The number of rotatable bonds is 4. The number of fused-ring (bicyclic) bond motifs is 1. The van der Waals surface area contributed by atoms with E-state index in [0.29, 0.717) is 30.2 Å². The lowest BCUT2D eigenvalue weighted by molar-refractivity contribution is -0.141. The number of ether oxygens (including phenoxy) is 1. The number of piperidine rings is 1. The second kappa shape index (κ2) is 7.58. The Morgan fingerprint density at radius 3 is 2.79 bits per heavy atom. The first kappa shape index (κ1) is 19.0. The highest BCUT2D eigenvalue weighted by atomic mass is 19.4. The third-order valence-corrected chi connectivity index (χ3v) is 5.72. The molecule has 4 rings (SSSR count). The predicted molar refractivity (Wildman–Crippen MR) is 99.2 cm³/mol. The normalized spacial score (nSPS) is 22.9. The topological polar surface area (TPSA) is 41.5 Å². The third-order valence-electron chi connectivity index (χ3n) is 5.72. The first-order valence-electron chi connectivity index (χ1n) is 9.46. The van der Waals surface area contributed by atoms with Crippen molar-refractivity contribution >= 4 is 5.82 Å². The standard InChI is InChI=1S/C20H23F3N4O/c1-28-19-11-14(5-8-24-19)12-26-9-6-15-7-10-27(13-16(15)26)18-4-2-3-17(25-18)20(21,22)23/h2-5,8,11,15-16H,6-7,9-10,12-13H2,1H3. The van der Waals surface area contributed by atoms with Crippen molar-refractivity contribution < 1.29 is 17.9 Å². The lowest BCUT2D eigenvalue weighted by atomic mass is 9.92. The van der Waals surface area contributed by atoms with E-state index in [2.05, 4.69) is 14.9 Å². The van der Waals surface area contributed by atoms with Crippen LogP contribution >= 0.6 is 0 Å². The van der Waals surface area contributed by atoms with Crippen LogP contribution in [0.5, 0.6) is 5.88 Å². The summed E-state index contributed by atoms with van der Waals surface area (Å²) in [7, 11) is 1.60. The van der Waals surface area contributed by atoms with Crippen molar-refractivity contribution in [3.8, 4) is 5.88 Å². The Hall–Kier alpha value is -2.35. The van der Waals surface area contributed by atoms with Crippen molar-refractivity contribution in [3.63, 3.8) is 0 Å². The summed E-state index contributed by atoms with van der Waals surface area (Å²) in [6.45, 7) is 3.21. The van der Waals surface area contributed by atoms with Crippen LogP contribution in [-0.2, 0) is 12.7 Å². The van der Waals surface area contributed by atoms with Gasteiger partial charge in [0.05, 0.1) is 7.11 Å². The maximum atomic E-state index is 13.0. The van der Waals surface area contributed by atoms with Crippen LogP contribution in [0.1, 0.15) is 24.1 Å². The molecule has 2 aliphatic rings. The van der Waals surface area contributed by atoms with Crippen LogP contribution in [-0.4, -0.2) is 47.7 Å². The molecule has 2 fully saturated rings. The molecule has 0 amide bonds. The van der Waals surface area contributed by atoms with E-state index in [9.17, 15) is 13.2 Å². The van der Waals surface area contributed by atoms with Gasteiger partial charge in [0.2, 0.25) is 5.88 Å². The minimum atomic E-state index is -4.42. The van der Waals surface area contributed by atoms with Crippen LogP contribution in [0.25, 0.3) is 0 Å². The van der Waals surface area contributed by atoms with Crippen LogP contribution in [0, 0.1) is 5.92 Å². The summed E-state index contributed by atoms with van der Waals surface area (Å²) in [5, 5.41) is 0. The quantitative estimate of drug-likeness (QED) is 0.795.